The van der Waals surface area contributed by atoms with E-state index in [2.05, 4.69) is 10.7 Å². The van der Waals surface area contributed by atoms with Crippen LogP contribution in [0.15, 0.2) is 24.3 Å². The van der Waals surface area contributed by atoms with E-state index in [1.54, 1.807) is 25.3 Å². The molecule has 0 saturated heterocycles. The zero-order chi connectivity index (χ0) is 13.4. The molecule has 2 amide bonds. The number of benzene rings is 1. The number of carbonyl (C=O) groups excluding carboxylic acids is 1. The molecule has 1 aromatic rings. The molecule has 98 valence electrons. The molecule has 0 radical (unpaired) electrons. The molecule has 0 aliphatic heterocycles. The van der Waals surface area contributed by atoms with Gasteiger partial charge in [0.1, 0.15) is 0 Å². The maximum absolute atomic E-state index is 11.7. The molecule has 0 atom stereocenters. The predicted octanol–water partition coefficient (Wildman–Crippen LogP) is 0.657. The number of carbonyl (C=O) groups is 2. The molecule has 7 heteroatoms. The van der Waals surface area contributed by atoms with Gasteiger partial charge in [-0.1, -0.05) is 6.07 Å². The number of amides is 2. The van der Waals surface area contributed by atoms with Gasteiger partial charge in [0.25, 0.3) is 5.91 Å². The summed E-state index contributed by atoms with van der Waals surface area (Å²) in [6.07, 6.45) is -1.20. The van der Waals surface area contributed by atoms with Gasteiger partial charge in [0.15, 0.2) is 0 Å². The standard InChI is InChI=1S/C11H15N3O4/c1-18-6-5-12-10(15)8-3-2-4-9(7-8)13-14-11(16)17/h2-4,7,13-14H,5-6H2,1H3,(H,12,15)(H,16,17). The molecule has 0 saturated carbocycles. The Morgan fingerprint density at radius 3 is 2.83 bits per heavy atom. The summed E-state index contributed by atoms with van der Waals surface area (Å²) in [7, 11) is 1.55. The molecular weight excluding hydrogens is 238 g/mol. The Bertz CT molecular complexity index is 423. The lowest BCUT2D eigenvalue weighted by atomic mass is 10.2. The third-order valence-corrected chi connectivity index (χ3v) is 2.03. The van der Waals surface area contributed by atoms with Gasteiger partial charge in [-0.25, -0.2) is 10.2 Å². The van der Waals surface area contributed by atoms with Crippen LogP contribution in [0.25, 0.3) is 0 Å². The quantitative estimate of drug-likeness (QED) is 0.441. The van der Waals surface area contributed by atoms with Crippen molar-refractivity contribution in [1.29, 1.82) is 0 Å². The van der Waals surface area contributed by atoms with E-state index in [9.17, 15) is 9.59 Å². The Labute approximate surface area is 104 Å². The Morgan fingerprint density at radius 2 is 2.17 bits per heavy atom. The first-order valence-corrected chi connectivity index (χ1v) is 5.25. The van der Waals surface area contributed by atoms with Gasteiger partial charge < -0.3 is 15.2 Å². The van der Waals surface area contributed by atoms with Gasteiger partial charge in [-0.05, 0) is 18.2 Å². The number of hydrogen-bond acceptors (Lipinski definition) is 4. The Hall–Kier alpha value is -2.28. The molecule has 1 aromatic carbocycles. The van der Waals surface area contributed by atoms with Crippen LogP contribution in [0.3, 0.4) is 0 Å². The summed E-state index contributed by atoms with van der Waals surface area (Å²) in [5.41, 5.74) is 5.36. The van der Waals surface area contributed by atoms with E-state index in [1.807, 2.05) is 5.43 Å². The van der Waals surface area contributed by atoms with E-state index in [0.29, 0.717) is 24.4 Å². The molecule has 0 aliphatic carbocycles. The summed E-state index contributed by atoms with van der Waals surface area (Å²) >= 11 is 0. The number of nitrogens with one attached hydrogen (secondary N) is 3. The highest BCUT2D eigenvalue weighted by molar-refractivity contribution is 5.95. The summed E-state index contributed by atoms with van der Waals surface area (Å²) < 4.78 is 4.81. The highest BCUT2D eigenvalue weighted by atomic mass is 16.5. The fraction of sp³-hybridized carbons (Fsp3) is 0.273. The van der Waals surface area contributed by atoms with Gasteiger partial charge in [0.2, 0.25) is 0 Å². The van der Waals surface area contributed by atoms with Crippen LogP contribution in [0.4, 0.5) is 10.5 Å². The first kappa shape index (κ1) is 13.8. The molecule has 0 unspecified atom stereocenters. The average molecular weight is 253 g/mol. The van der Waals surface area contributed by atoms with Gasteiger partial charge in [-0.15, -0.1) is 0 Å². The zero-order valence-corrected chi connectivity index (χ0v) is 9.90. The SMILES string of the molecule is COCCNC(=O)c1cccc(NNC(=O)O)c1. The summed E-state index contributed by atoms with van der Waals surface area (Å²) in [4.78, 5) is 22.0. The molecule has 0 fully saturated rings. The maximum atomic E-state index is 11.7. The lowest BCUT2D eigenvalue weighted by Crippen LogP contribution is -2.28. The molecular formula is C11H15N3O4. The van der Waals surface area contributed by atoms with Crippen molar-refractivity contribution >= 4 is 17.7 Å². The van der Waals surface area contributed by atoms with E-state index in [1.165, 1.54) is 6.07 Å². The van der Waals surface area contributed by atoms with Crippen molar-refractivity contribution in [3.8, 4) is 0 Å². The minimum Gasteiger partial charge on any atom is -0.464 e. The maximum Gasteiger partial charge on any atom is 0.423 e. The second-order valence-electron chi connectivity index (χ2n) is 3.38. The molecule has 7 nitrogen and oxygen atoms in total. The molecule has 0 heterocycles. The number of rotatable bonds is 6. The third-order valence-electron chi connectivity index (χ3n) is 2.03. The fourth-order valence-corrected chi connectivity index (χ4v) is 1.23. The number of anilines is 1. The van der Waals surface area contributed by atoms with Crippen molar-refractivity contribution < 1.29 is 19.4 Å². The van der Waals surface area contributed by atoms with E-state index in [4.69, 9.17) is 9.84 Å². The summed E-state index contributed by atoms with van der Waals surface area (Å²) in [6.45, 7) is 0.852. The van der Waals surface area contributed by atoms with E-state index in [-0.39, 0.29) is 5.91 Å². The molecule has 4 N–H and O–H groups in total. The summed E-state index contributed by atoms with van der Waals surface area (Å²) in [5.74, 6) is -0.244. The van der Waals surface area contributed by atoms with Crippen molar-refractivity contribution in [1.82, 2.24) is 10.7 Å². The van der Waals surface area contributed by atoms with Crippen molar-refractivity contribution in [2.24, 2.45) is 0 Å². The van der Waals surface area contributed by atoms with Crippen LogP contribution in [0, 0.1) is 0 Å². The monoisotopic (exact) mass is 253 g/mol. The highest BCUT2D eigenvalue weighted by Gasteiger charge is 2.05. The van der Waals surface area contributed by atoms with Crippen LogP contribution in [0.1, 0.15) is 10.4 Å². The molecule has 0 aromatic heterocycles. The van der Waals surface area contributed by atoms with Gasteiger partial charge in [0.05, 0.1) is 12.3 Å². The topological polar surface area (TPSA) is 99.7 Å². The van der Waals surface area contributed by atoms with Crippen LogP contribution in [0.5, 0.6) is 0 Å². The minimum absolute atomic E-state index is 0.244. The molecule has 1 rings (SSSR count). The molecule has 18 heavy (non-hydrogen) atoms. The van der Waals surface area contributed by atoms with Crippen LogP contribution in [-0.4, -0.2) is 37.4 Å². The molecule has 0 bridgehead atoms. The molecule has 0 aliphatic rings. The van der Waals surface area contributed by atoms with E-state index < -0.39 is 6.09 Å². The Balaban J connectivity index is 2.57. The Kier molecular flexibility index (Phi) is 5.46. The molecule has 0 spiro atoms. The highest BCUT2D eigenvalue weighted by Crippen LogP contribution is 2.09. The summed E-state index contributed by atoms with van der Waals surface area (Å²) in [5, 5.41) is 11.1. The van der Waals surface area contributed by atoms with Crippen LogP contribution in [0.2, 0.25) is 0 Å². The van der Waals surface area contributed by atoms with Crippen molar-refractivity contribution in [3.63, 3.8) is 0 Å². The lowest BCUT2D eigenvalue weighted by molar-refractivity contribution is 0.0937. The first-order chi connectivity index (χ1) is 8.63. The van der Waals surface area contributed by atoms with Crippen molar-refractivity contribution in [2.45, 2.75) is 0 Å². The van der Waals surface area contributed by atoms with Crippen LogP contribution < -0.4 is 16.2 Å². The number of hydrogen-bond donors (Lipinski definition) is 4. The van der Waals surface area contributed by atoms with Gasteiger partial charge in [0, 0.05) is 19.2 Å². The first-order valence-electron chi connectivity index (χ1n) is 5.25. The zero-order valence-electron chi connectivity index (χ0n) is 9.90. The van der Waals surface area contributed by atoms with Crippen LogP contribution >= 0.6 is 0 Å². The van der Waals surface area contributed by atoms with Crippen molar-refractivity contribution in [2.75, 3.05) is 25.7 Å². The van der Waals surface area contributed by atoms with Gasteiger partial charge in [-0.2, -0.15) is 0 Å². The predicted molar refractivity (Wildman–Crippen MR) is 65.4 cm³/mol. The number of methoxy groups -OCH3 is 1. The fourth-order valence-electron chi connectivity index (χ4n) is 1.23. The third kappa shape index (κ3) is 4.71. The van der Waals surface area contributed by atoms with Crippen molar-refractivity contribution in [3.05, 3.63) is 29.8 Å². The number of hydrazine groups is 1. The number of ether oxygens (including phenoxy) is 1. The Morgan fingerprint density at radius 1 is 1.39 bits per heavy atom. The second-order valence-corrected chi connectivity index (χ2v) is 3.38. The lowest BCUT2D eigenvalue weighted by Gasteiger charge is -2.08. The van der Waals surface area contributed by atoms with Gasteiger partial charge in [-0.3, -0.25) is 10.2 Å². The normalized spacial score (nSPS) is 9.61. The summed E-state index contributed by atoms with van der Waals surface area (Å²) in [6, 6.07) is 6.46. The average Bonchev–Trinajstić information content (AvgIpc) is 2.37. The largest absolute Gasteiger partial charge is 0.464 e. The minimum atomic E-state index is -1.20. The van der Waals surface area contributed by atoms with Gasteiger partial charge >= 0.3 is 6.09 Å². The smallest absolute Gasteiger partial charge is 0.423 e. The second kappa shape index (κ2) is 7.13. The van der Waals surface area contributed by atoms with Crippen LogP contribution in [-0.2, 0) is 4.74 Å². The van der Waals surface area contributed by atoms with E-state index >= 15 is 0 Å². The number of carboxylic acid groups (broad SMARTS) is 1. The van der Waals surface area contributed by atoms with E-state index in [0.717, 1.165) is 0 Å².